The van der Waals surface area contributed by atoms with Crippen molar-refractivity contribution in [3.63, 3.8) is 0 Å². The molecule has 1 aromatic heterocycles. The maximum atomic E-state index is 11.9. The van der Waals surface area contributed by atoms with E-state index in [4.69, 9.17) is 10.2 Å². The highest BCUT2D eigenvalue weighted by molar-refractivity contribution is 6.05. The molecule has 2 aromatic rings. The fourth-order valence-corrected chi connectivity index (χ4v) is 1.68. The van der Waals surface area contributed by atoms with Crippen LogP contribution >= 0.6 is 0 Å². The van der Waals surface area contributed by atoms with E-state index in [0.717, 1.165) is 0 Å². The van der Waals surface area contributed by atoms with E-state index in [-0.39, 0.29) is 18.2 Å². The van der Waals surface area contributed by atoms with E-state index in [0.29, 0.717) is 22.6 Å². The van der Waals surface area contributed by atoms with Gasteiger partial charge in [0.25, 0.3) is 5.91 Å². The predicted octanol–water partition coefficient (Wildman–Crippen LogP) is 1.98. The van der Waals surface area contributed by atoms with Crippen LogP contribution in [-0.2, 0) is 0 Å². The molecule has 0 radical (unpaired) electrons. The Morgan fingerprint density at radius 3 is 2.42 bits per heavy atom. The Bertz CT molecular complexity index is 599. The number of anilines is 1. The number of furan rings is 1. The summed E-state index contributed by atoms with van der Waals surface area (Å²) in [6.07, 6.45) is 1.47. The maximum Gasteiger partial charge on any atom is 0.259 e. The van der Waals surface area contributed by atoms with Gasteiger partial charge in [-0.25, -0.2) is 0 Å². The van der Waals surface area contributed by atoms with Crippen LogP contribution in [0.3, 0.4) is 0 Å². The third-order valence-electron chi connectivity index (χ3n) is 2.75. The number of ketones is 1. The molecule has 0 aliphatic rings. The lowest BCUT2D eigenvalue weighted by molar-refractivity contribution is 0.0999. The molecule has 1 heterocycles. The summed E-state index contributed by atoms with van der Waals surface area (Å²) in [5.74, 6) is 0.181. The first-order chi connectivity index (χ1) is 9.11. The number of rotatable bonds is 4. The molecule has 98 valence electrons. The molecule has 0 aliphatic heterocycles. The number of benzene rings is 1. The third kappa shape index (κ3) is 2.89. The van der Waals surface area contributed by atoms with Gasteiger partial charge in [-0.1, -0.05) is 0 Å². The predicted molar refractivity (Wildman–Crippen MR) is 71.2 cm³/mol. The summed E-state index contributed by atoms with van der Waals surface area (Å²) >= 11 is 0. The number of amides is 1. The van der Waals surface area contributed by atoms with Crippen LogP contribution in [0.1, 0.15) is 26.5 Å². The molecule has 1 amide bonds. The van der Waals surface area contributed by atoms with Gasteiger partial charge in [0.1, 0.15) is 5.76 Å². The van der Waals surface area contributed by atoms with Crippen LogP contribution in [0.25, 0.3) is 0 Å². The summed E-state index contributed by atoms with van der Waals surface area (Å²) in [7, 11) is 0. The van der Waals surface area contributed by atoms with Crippen LogP contribution in [0.4, 0.5) is 5.69 Å². The van der Waals surface area contributed by atoms with E-state index in [1.54, 1.807) is 37.3 Å². The Kier molecular flexibility index (Phi) is 3.77. The minimum Gasteiger partial charge on any atom is -0.469 e. The smallest absolute Gasteiger partial charge is 0.259 e. The van der Waals surface area contributed by atoms with Gasteiger partial charge in [0.2, 0.25) is 0 Å². The minimum atomic E-state index is -0.246. The van der Waals surface area contributed by atoms with Crippen molar-refractivity contribution in [3.05, 3.63) is 53.5 Å². The van der Waals surface area contributed by atoms with Gasteiger partial charge in [-0.3, -0.25) is 9.59 Å². The zero-order valence-electron chi connectivity index (χ0n) is 10.5. The zero-order chi connectivity index (χ0) is 13.8. The molecule has 1 aromatic carbocycles. The van der Waals surface area contributed by atoms with E-state index in [9.17, 15) is 9.59 Å². The molecule has 2 rings (SSSR count). The standard InChI is InChI=1S/C14H14N2O3/c1-9-12(6-7-19-9)14(18)16-11-4-2-10(3-5-11)13(17)8-15/h2-7H,8,15H2,1H3,(H,16,18). The molecule has 0 bridgehead atoms. The maximum absolute atomic E-state index is 11.9. The van der Waals surface area contributed by atoms with Crippen LogP contribution in [-0.4, -0.2) is 18.2 Å². The lowest BCUT2D eigenvalue weighted by Gasteiger charge is -2.05. The summed E-state index contributed by atoms with van der Waals surface area (Å²) in [4.78, 5) is 23.3. The first-order valence-electron chi connectivity index (χ1n) is 5.80. The fraction of sp³-hybridized carbons (Fsp3) is 0.143. The molecule has 0 saturated carbocycles. The number of carbonyl (C=O) groups is 2. The van der Waals surface area contributed by atoms with Crippen molar-refractivity contribution in [2.24, 2.45) is 5.73 Å². The first kappa shape index (κ1) is 13.0. The average molecular weight is 258 g/mol. The molecule has 0 saturated heterocycles. The van der Waals surface area contributed by atoms with Crippen molar-refractivity contribution in [1.82, 2.24) is 0 Å². The number of carbonyl (C=O) groups excluding carboxylic acids is 2. The number of Topliss-reactive ketones (excluding diaryl/α,β-unsaturated/α-hetero) is 1. The number of nitrogens with one attached hydrogen (secondary N) is 1. The number of hydrogen-bond donors (Lipinski definition) is 2. The van der Waals surface area contributed by atoms with Crippen molar-refractivity contribution in [3.8, 4) is 0 Å². The Morgan fingerprint density at radius 1 is 1.21 bits per heavy atom. The number of hydrogen-bond acceptors (Lipinski definition) is 4. The molecule has 0 atom stereocenters. The molecular formula is C14H14N2O3. The SMILES string of the molecule is Cc1occc1C(=O)Nc1ccc(C(=O)CN)cc1. The van der Waals surface area contributed by atoms with Crippen molar-refractivity contribution in [1.29, 1.82) is 0 Å². The first-order valence-corrected chi connectivity index (χ1v) is 5.80. The number of aryl methyl sites for hydroxylation is 1. The summed E-state index contributed by atoms with van der Waals surface area (Å²) in [5.41, 5.74) is 6.90. The summed E-state index contributed by atoms with van der Waals surface area (Å²) < 4.78 is 5.07. The summed E-state index contributed by atoms with van der Waals surface area (Å²) in [6.45, 7) is 1.69. The highest BCUT2D eigenvalue weighted by Crippen LogP contribution is 2.14. The molecule has 19 heavy (non-hydrogen) atoms. The molecule has 5 nitrogen and oxygen atoms in total. The van der Waals surface area contributed by atoms with Crippen molar-refractivity contribution in [2.75, 3.05) is 11.9 Å². The highest BCUT2D eigenvalue weighted by atomic mass is 16.3. The quantitative estimate of drug-likeness (QED) is 0.821. The van der Waals surface area contributed by atoms with E-state index in [2.05, 4.69) is 5.32 Å². The molecule has 5 heteroatoms. The van der Waals surface area contributed by atoms with Gasteiger partial charge in [-0.05, 0) is 37.3 Å². The van der Waals surface area contributed by atoms with E-state index >= 15 is 0 Å². The van der Waals surface area contributed by atoms with E-state index in [1.165, 1.54) is 6.26 Å². The van der Waals surface area contributed by atoms with Crippen LogP contribution in [0.5, 0.6) is 0 Å². The second kappa shape index (κ2) is 5.49. The van der Waals surface area contributed by atoms with Gasteiger partial charge in [-0.2, -0.15) is 0 Å². The van der Waals surface area contributed by atoms with Crippen molar-refractivity contribution in [2.45, 2.75) is 6.92 Å². The normalized spacial score (nSPS) is 10.2. The van der Waals surface area contributed by atoms with Gasteiger partial charge in [0.05, 0.1) is 18.4 Å². The van der Waals surface area contributed by atoms with Gasteiger partial charge < -0.3 is 15.5 Å². The Hall–Kier alpha value is -2.40. The van der Waals surface area contributed by atoms with Gasteiger partial charge >= 0.3 is 0 Å². The van der Waals surface area contributed by atoms with Crippen LogP contribution in [0.2, 0.25) is 0 Å². The Morgan fingerprint density at radius 2 is 1.89 bits per heavy atom. The molecule has 0 fully saturated rings. The number of nitrogens with two attached hydrogens (primary N) is 1. The van der Waals surface area contributed by atoms with Crippen LogP contribution < -0.4 is 11.1 Å². The lowest BCUT2D eigenvalue weighted by atomic mass is 10.1. The zero-order valence-corrected chi connectivity index (χ0v) is 10.5. The third-order valence-corrected chi connectivity index (χ3v) is 2.75. The average Bonchev–Trinajstić information content (AvgIpc) is 2.85. The van der Waals surface area contributed by atoms with Crippen LogP contribution in [0.15, 0.2) is 41.0 Å². The lowest BCUT2D eigenvalue weighted by Crippen LogP contribution is -2.14. The van der Waals surface area contributed by atoms with Crippen LogP contribution in [0, 0.1) is 6.92 Å². The molecule has 3 N–H and O–H groups in total. The Balaban J connectivity index is 2.10. The molecule has 0 spiro atoms. The minimum absolute atomic E-state index is 0.0279. The molecular weight excluding hydrogens is 244 g/mol. The summed E-state index contributed by atoms with van der Waals surface area (Å²) in [5, 5.41) is 2.73. The topological polar surface area (TPSA) is 85.3 Å². The molecule has 0 unspecified atom stereocenters. The van der Waals surface area contributed by atoms with Crippen molar-refractivity contribution >= 4 is 17.4 Å². The van der Waals surface area contributed by atoms with Gasteiger partial charge in [0.15, 0.2) is 5.78 Å². The fourth-order valence-electron chi connectivity index (χ4n) is 1.68. The second-order valence-electron chi connectivity index (χ2n) is 4.05. The largest absolute Gasteiger partial charge is 0.469 e. The van der Waals surface area contributed by atoms with E-state index in [1.807, 2.05) is 0 Å². The Labute approximate surface area is 110 Å². The highest BCUT2D eigenvalue weighted by Gasteiger charge is 2.11. The molecule has 0 aliphatic carbocycles. The summed E-state index contributed by atoms with van der Waals surface area (Å²) in [6, 6.07) is 8.20. The second-order valence-corrected chi connectivity index (χ2v) is 4.05. The van der Waals surface area contributed by atoms with Gasteiger partial charge in [0, 0.05) is 11.3 Å². The van der Waals surface area contributed by atoms with Crippen molar-refractivity contribution < 1.29 is 14.0 Å². The van der Waals surface area contributed by atoms with E-state index < -0.39 is 0 Å². The monoisotopic (exact) mass is 258 g/mol. The van der Waals surface area contributed by atoms with Gasteiger partial charge in [-0.15, -0.1) is 0 Å².